The van der Waals surface area contributed by atoms with Crippen molar-refractivity contribution in [2.75, 3.05) is 77.3 Å². The van der Waals surface area contributed by atoms with E-state index in [4.69, 9.17) is 23.5 Å². The van der Waals surface area contributed by atoms with Gasteiger partial charge in [-0.25, -0.2) is 14.8 Å². The number of hydrogen-bond acceptors (Lipinski definition) is 11. The Labute approximate surface area is 263 Å². The van der Waals surface area contributed by atoms with Gasteiger partial charge in [-0.3, -0.25) is 14.2 Å². The van der Waals surface area contributed by atoms with Crippen LogP contribution in [0.2, 0.25) is 0 Å². The Balaban J connectivity index is 1.62. The van der Waals surface area contributed by atoms with Crippen molar-refractivity contribution in [1.82, 2.24) is 25.1 Å². The Morgan fingerprint density at radius 1 is 0.956 bits per heavy atom. The van der Waals surface area contributed by atoms with E-state index in [9.17, 15) is 18.9 Å². The number of ether oxygens (including phenoxy) is 2. The molecule has 4 rings (SSSR count). The quantitative estimate of drug-likeness (QED) is 0.320. The second-order valence-corrected chi connectivity index (χ2v) is 12.7. The number of nitrogens with zero attached hydrogens (tertiary/aromatic N) is 5. The average molecular weight is 647 g/mol. The molecule has 1 N–H and O–H groups in total. The number of aromatic nitrogens is 2. The summed E-state index contributed by atoms with van der Waals surface area (Å²) in [4.78, 5) is 54.3. The van der Waals surface area contributed by atoms with Crippen molar-refractivity contribution in [3.63, 3.8) is 0 Å². The van der Waals surface area contributed by atoms with Gasteiger partial charge < -0.3 is 38.5 Å². The molecule has 14 nitrogen and oxygen atoms in total. The molecule has 2 saturated heterocycles. The predicted molar refractivity (Wildman–Crippen MR) is 167 cm³/mol. The van der Waals surface area contributed by atoms with Gasteiger partial charge in [0.15, 0.2) is 5.82 Å². The predicted octanol–water partition coefficient (Wildman–Crippen LogP) is 3.03. The number of piperazine rings is 1. The molecule has 2 aliphatic rings. The van der Waals surface area contributed by atoms with Gasteiger partial charge in [-0.05, 0) is 27.2 Å². The zero-order valence-electron chi connectivity index (χ0n) is 26.3. The Hall–Kier alpha value is -3.58. The topological polar surface area (TPSA) is 153 Å². The molecule has 45 heavy (non-hydrogen) atoms. The second-order valence-electron chi connectivity index (χ2n) is 10.6. The monoisotopic (exact) mass is 646 g/mol. The Morgan fingerprint density at radius 3 is 2.22 bits per heavy atom. The molecule has 1 aromatic heterocycles. The van der Waals surface area contributed by atoms with Crippen LogP contribution in [0, 0.1) is 0 Å². The van der Waals surface area contributed by atoms with Crippen LogP contribution in [0.5, 0.6) is 0 Å². The Bertz CT molecular complexity index is 1350. The van der Waals surface area contributed by atoms with Crippen molar-refractivity contribution in [1.29, 1.82) is 0 Å². The molecule has 0 spiro atoms. The summed E-state index contributed by atoms with van der Waals surface area (Å²) in [5, 5.41) is 2.77. The van der Waals surface area contributed by atoms with Gasteiger partial charge in [0, 0.05) is 58.0 Å². The fourth-order valence-corrected chi connectivity index (χ4v) is 7.05. The number of hydrogen-bond donors (Lipinski definition) is 1. The second kappa shape index (κ2) is 16.1. The van der Waals surface area contributed by atoms with E-state index in [0.29, 0.717) is 24.7 Å². The van der Waals surface area contributed by atoms with E-state index in [1.165, 1.54) is 9.80 Å². The lowest BCUT2D eigenvalue weighted by Crippen LogP contribution is -2.57. The van der Waals surface area contributed by atoms with Gasteiger partial charge in [-0.15, -0.1) is 0 Å². The van der Waals surface area contributed by atoms with Gasteiger partial charge >= 0.3 is 13.7 Å². The molecule has 2 fully saturated rings. The van der Waals surface area contributed by atoms with Crippen LogP contribution in [0.15, 0.2) is 36.4 Å². The number of carbonyl (C=O) groups excluding carboxylic acids is 3. The number of methoxy groups -OCH3 is 1. The summed E-state index contributed by atoms with van der Waals surface area (Å²) in [7, 11) is -2.10. The summed E-state index contributed by atoms with van der Waals surface area (Å²) < 4.78 is 35.2. The lowest BCUT2D eigenvalue weighted by molar-refractivity contribution is -0.134. The third-order valence-corrected chi connectivity index (χ3v) is 9.67. The van der Waals surface area contributed by atoms with Crippen LogP contribution < -0.4 is 10.2 Å². The number of benzene rings is 1. The minimum Gasteiger partial charge on any atom is -0.450 e. The zero-order valence-corrected chi connectivity index (χ0v) is 27.2. The van der Waals surface area contributed by atoms with Crippen LogP contribution in [-0.4, -0.2) is 122 Å². The minimum atomic E-state index is -3.76. The van der Waals surface area contributed by atoms with E-state index in [2.05, 4.69) is 10.3 Å². The van der Waals surface area contributed by atoms with E-state index in [-0.39, 0.29) is 64.0 Å². The van der Waals surface area contributed by atoms with E-state index in [0.717, 1.165) is 12.0 Å². The van der Waals surface area contributed by atoms with E-state index in [1.54, 1.807) is 33.9 Å². The van der Waals surface area contributed by atoms with Gasteiger partial charge in [0.1, 0.15) is 17.6 Å². The highest BCUT2D eigenvalue weighted by atomic mass is 31.2. The summed E-state index contributed by atoms with van der Waals surface area (Å²) in [5.41, 5.74) is 0.771. The van der Waals surface area contributed by atoms with Gasteiger partial charge in [0.05, 0.1) is 32.1 Å². The third kappa shape index (κ3) is 9.00. The van der Waals surface area contributed by atoms with E-state index < -0.39 is 31.5 Å². The highest BCUT2D eigenvalue weighted by Crippen LogP contribution is 2.48. The molecule has 2 unspecified atom stereocenters. The molecular formula is C30H43N6O8P. The average Bonchev–Trinajstić information content (AvgIpc) is 3.54. The van der Waals surface area contributed by atoms with Crippen LogP contribution in [0.3, 0.4) is 0 Å². The number of carbonyl (C=O) groups is 3. The fraction of sp³-hybridized carbons (Fsp3) is 0.567. The van der Waals surface area contributed by atoms with Gasteiger partial charge in [-0.2, -0.15) is 0 Å². The SMILES string of the molecule is CCOC(=O)N1CCN(C(=O)C(CP(=O)(OCC)OCC)NC(=O)c2cc(N3CCC(OC)C3)nc(-c3ccccc3)n2)CC1. The first-order chi connectivity index (χ1) is 21.7. The van der Waals surface area contributed by atoms with Crippen molar-refractivity contribution in [3.05, 3.63) is 42.1 Å². The van der Waals surface area contributed by atoms with Crippen LogP contribution >= 0.6 is 7.60 Å². The molecule has 2 aromatic rings. The molecule has 0 radical (unpaired) electrons. The zero-order chi connectivity index (χ0) is 32.4. The molecule has 2 atom stereocenters. The highest BCUT2D eigenvalue weighted by molar-refractivity contribution is 7.54. The molecule has 246 valence electrons. The first-order valence-electron chi connectivity index (χ1n) is 15.3. The maximum absolute atomic E-state index is 13.9. The molecule has 1 aromatic carbocycles. The third-order valence-electron chi connectivity index (χ3n) is 7.56. The first kappa shape index (κ1) is 34.3. The smallest absolute Gasteiger partial charge is 0.409 e. The summed E-state index contributed by atoms with van der Waals surface area (Å²) in [6, 6.07) is 9.64. The van der Waals surface area contributed by atoms with Crippen molar-refractivity contribution >= 4 is 31.3 Å². The summed E-state index contributed by atoms with van der Waals surface area (Å²) in [6.45, 7) is 7.75. The molecule has 3 amide bonds. The number of nitrogens with one attached hydrogen (secondary N) is 1. The summed E-state index contributed by atoms with van der Waals surface area (Å²) in [5.74, 6) is -0.194. The molecule has 2 aliphatic heterocycles. The Kier molecular flexibility index (Phi) is 12.3. The lowest BCUT2D eigenvalue weighted by Gasteiger charge is -2.36. The van der Waals surface area contributed by atoms with Gasteiger partial charge in [0.2, 0.25) is 5.91 Å². The molecule has 0 aliphatic carbocycles. The minimum absolute atomic E-state index is 0.0370. The molecule has 15 heteroatoms. The molecule has 3 heterocycles. The van der Waals surface area contributed by atoms with Crippen molar-refractivity contribution in [3.8, 4) is 11.4 Å². The van der Waals surface area contributed by atoms with E-state index >= 15 is 0 Å². The van der Waals surface area contributed by atoms with E-state index in [1.807, 2.05) is 35.2 Å². The maximum atomic E-state index is 13.9. The number of amides is 3. The molecule has 0 bridgehead atoms. The van der Waals surface area contributed by atoms with Crippen molar-refractivity contribution in [2.45, 2.75) is 39.3 Å². The molecule has 0 saturated carbocycles. The van der Waals surface area contributed by atoms with Crippen LogP contribution in [0.25, 0.3) is 11.4 Å². The largest absolute Gasteiger partial charge is 0.450 e. The van der Waals surface area contributed by atoms with Crippen LogP contribution in [0.1, 0.15) is 37.7 Å². The molecular weight excluding hydrogens is 603 g/mol. The highest BCUT2D eigenvalue weighted by Gasteiger charge is 2.38. The number of anilines is 1. The first-order valence-corrected chi connectivity index (χ1v) is 17.0. The Morgan fingerprint density at radius 2 is 1.62 bits per heavy atom. The van der Waals surface area contributed by atoms with Crippen LogP contribution in [-0.2, 0) is 27.9 Å². The lowest BCUT2D eigenvalue weighted by atomic mass is 10.2. The number of rotatable bonds is 13. The van der Waals surface area contributed by atoms with Crippen molar-refractivity contribution in [2.24, 2.45) is 0 Å². The fourth-order valence-electron chi connectivity index (χ4n) is 5.28. The standard InChI is InChI=1S/C30H43N6O8P/c1-5-42-30(39)35-17-15-34(16-18-35)29(38)25(21-45(40,43-6-2)44-7-3)32-28(37)24-19-26(36-14-13-23(20-36)41-4)33-27(31-24)22-11-9-8-10-12-22/h8-12,19,23,25H,5-7,13-18,20-21H2,1-4H3,(H,32,37). The summed E-state index contributed by atoms with van der Waals surface area (Å²) >= 11 is 0. The van der Waals surface area contributed by atoms with Gasteiger partial charge in [0.25, 0.3) is 5.91 Å². The van der Waals surface area contributed by atoms with Crippen molar-refractivity contribution < 1.29 is 37.5 Å². The van der Waals surface area contributed by atoms with Crippen LogP contribution in [0.4, 0.5) is 10.6 Å². The summed E-state index contributed by atoms with van der Waals surface area (Å²) in [6.07, 6.45) is 0.0280. The van der Waals surface area contributed by atoms with Gasteiger partial charge in [-0.1, -0.05) is 30.3 Å². The normalized spacial score (nSPS) is 17.7. The maximum Gasteiger partial charge on any atom is 0.409 e.